The van der Waals surface area contributed by atoms with Crippen molar-refractivity contribution in [2.45, 2.75) is 25.9 Å². The molecule has 24 heavy (non-hydrogen) atoms. The number of alkyl halides is 6. The lowest BCUT2D eigenvalue weighted by Crippen LogP contribution is -2.09. The van der Waals surface area contributed by atoms with Crippen molar-refractivity contribution < 1.29 is 36.2 Å². The van der Waals surface area contributed by atoms with Crippen LogP contribution in [0.1, 0.15) is 22.3 Å². The van der Waals surface area contributed by atoms with Gasteiger partial charge in [0.15, 0.2) is 0 Å². The van der Waals surface area contributed by atoms with Gasteiger partial charge in [-0.15, -0.1) is 0 Å². The van der Waals surface area contributed by atoms with Crippen LogP contribution >= 0.6 is 0 Å². The second-order valence-corrected chi connectivity index (χ2v) is 5.06. The van der Waals surface area contributed by atoms with E-state index in [2.05, 4.69) is 0 Å². The van der Waals surface area contributed by atoms with Crippen LogP contribution in [0.4, 0.5) is 26.3 Å². The Kier molecular flexibility index (Phi) is 4.80. The minimum absolute atomic E-state index is 0.00885. The molecule has 0 unspecified atom stereocenters. The van der Waals surface area contributed by atoms with Gasteiger partial charge in [-0.2, -0.15) is 26.3 Å². The molecule has 0 fully saturated rings. The third-order valence-corrected chi connectivity index (χ3v) is 3.27. The molecule has 2 aromatic carbocycles. The highest BCUT2D eigenvalue weighted by Crippen LogP contribution is 2.40. The fraction of sp³-hybridized carbons (Fsp3) is 0.250. The zero-order valence-corrected chi connectivity index (χ0v) is 12.3. The Morgan fingerprint density at radius 2 is 1.50 bits per heavy atom. The quantitative estimate of drug-likeness (QED) is 0.760. The maximum absolute atomic E-state index is 13.1. The summed E-state index contributed by atoms with van der Waals surface area (Å²) < 4.78 is 82.8. The van der Waals surface area contributed by atoms with E-state index in [4.69, 9.17) is 9.84 Å². The molecule has 8 heteroatoms. The Morgan fingerprint density at radius 3 is 2.04 bits per heavy atom. The van der Waals surface area contributed by atoms with Gasteiger partial charge in [-0.1, -0.05) is 12.1 Å². The summed E-state index contributed by atoms with van der Waals surface area (Å²) in [6.45, 7) is 0.635. The van der Waals surface area contributed by atoms with E-state index in [-0.39, 0.29) is 16.9 Å². The van der Waals surface area contributed by atoms with Gasteiger partial charge in [0, 0.05) is 0 Å². The molecular formula is C16H12F6O2. The van der Waals surface area contributed by atoms with Crippen LogP contribution in [-0.4, -0.2) is 5.11 Å². The summed E-state index contributed by atoms with van der Waals surface area (Å²) >= 11 is 0. The molecule has 2 aromatic rings. The number of ether oxygens (including phenoxy) is 1. The molecule has 0 bridgehead atoms. The van der Waals surface area contributed by atoms with Crippen molar-refractivity contribution in [3.05, 3.63) is 58.7 Å². The molecular weight excluding hydrogens is 338 g/mol. The van der Waals surface area contributed by atoms with E-state index in [1.54, 1.807) is 0 Å². The normalized spacial score (nSPS) is 12.3. The van der Waals surface area contributed by atoms with Gasteiger partial charge < -0.3 is 9.84 Å². The molecule has 0 amide bonds. The lowest BCUT2D eigenvalue weighted by molar-refractivity contribution is -0.139. The molecule has 0 aliphatic heterocycles. The first-order chi connectivity index (χ1) is 11.0. The summed E-state index contributed by atoms with van der Waals surface area (Å²) in [7, 11) is 0. The van der Waals surface area contributed by atoms with Crippen LogP contribution in [0, 0.1) is 6.92 Å². The van der Waals surface area contributed by atoms with Gasteiger partial charge in [-0.3, -0.25) is 0 Å². The molecule has 1 N–H and O–H groups in total. The van der Waals surface area contributed by atoms with Crippen molar-refractivity contribution in [1.82, 2.24) is 0 Å². The van der Waals surface area contributed by atoms with Gasteiger partial charge in [0.2, 0.25) is 0 Å². The largest absolute Gasteiger partial charge is 0.457 e. The molecule has 0 aliphatic carbocycles. The molecule has 0 aliphatic rings. The van der Waals surface area contributed by atoms with E-state index in [0.717, 1.165) is 18.2 Å². The molecule has 2 rings (SSSR count). The first-order valence-electron chi connectivity index (χ1n) is 6.69. The number of hydrogen-bond donors (Lipinski definition) is 1. The van der Waals surface area contributed by atoms with E-state index < -0.39 is 35.8 Å². The van der Waals surface area contributed by atoms with Crippen molar-refractivity contribution in [2.24, 2.45) is 0 Å². The molecule has 2 nitrogen and oxygen atoms in total. The van der Waals surface area contributed by atoms with Crippen LogP contribution in [-0.2, 0) is 19.0 Å². The number of aliphatic hydroxyl groups is 1. The second kappa shape index (κ2) is 6.35. The minimum Gasteiger partial charge on any atom is -0.457 e. The highest BCUT2D eigenvalue weighted by Gasteiger charge is 2.36. The van der Waals surface area contributed by atoms with Crippen molar-refractivity contribution in [1.29, 1.82) is 0 Å². The third kappa shape index (κ3) is 4.00. The zero-order chi connectivity index (χ0) is 18.1. The summed E-state index contributed by atoms with van der Waals surface area (Å²) in [6.07, 6.45) is -9.42. The third-order valence-electron chi connectivity index (χ3n) is 3.27. The fourth-order valence-electron chi connectivity index (χ4n) is 2.08. The number of benzene rings is 2. The lowest BCUT2D eigenvalue weighted by atomic mass is 10.1. The smallest absolute Gasteiger partial charge is 0.419 e. The van der Waals surface area contributed by atoms with E-state index in [1.165, 1.54) is 13.0 Å². The number of halogens is 6. The first-order valence-corrected chi connectivity index (χ1v) is 6.69. The van der Waals surface area contributed by atoms with Gasteiger partial charge in [-0.25, -0.2) is 0 Å². The average Bonchev–Trinajstić information content (AvgIpc) is 2.47. The average molecular weight is 350 g/mol. The van der Waals surface area contributed by atoms with E-state index in [9.17, 15) is 26.3 Å². The zero-order valence-electron chi connectivity index (χ0n) is 12.3. The maximum atomic E-state index is 13.1. The topological polar surface area (TPSA) is 29.5 Å². The molecule has 0 saturated heterocycles. The van der Waals surface area contributed by atoms with Crippen molar-refractivity contribution >= 4 is 0 Å². The van der Waals surface area contributed by atoms with Gasteiger partial charge in [-0.05, 0) is 42.3 Å². The standard InChI is InChI=1S/C16H12F6O2/c1-9-2-4-11(7-12(9)15(17,18)19)24-14-5-3-10(8-23)6-13(14)16(20,21)22/h2-7,23H,8H2,1H3. The first kappa shape index (κ1) is 18.1. The van der Waals surface area contributed by atoms with Crippen LogP contribution in [0.15, 0.2) is 36.4 Å². The summed E-state index contributed by atoms with van der Waals surface area (Å²) in [4.78, 5) is 0. The van der Waals surface area contributed by atoms with Gasteiger partial charge in [0.25, 0.3) is 0 Å². The fourth-order valence-corrected chi connectivity index (χ4v) is 2.08. The van der Waals surface area contributed by atoms with Crippen molar-refractivity contribution in [3.8, 4) is 11.5 Å². The molecule has 130 valence electrons. The van der Waals surface area contributed by atoms with Crippen LogP contribution < -0.4 is 4.74 Å². The predicted molar refractivity (Wildman–Crippen MR) is 73.6 cm³/mol. The van der Waals surface area contributed by atoms with Gasteiger partial charge in [0.1, 0.15) is 11.5 Å². The SMILES string of the molecule is Cc1ccc(Oc2ccc(CO)cc2C(F)(F)F)cc1C(F)(F)F. The number of aryl methyl sites for hydroxylation is 1. The highest BCUT2D eigenvalue weighted by atomic mass is 19.4. The van der Waals surface area contributed by atoms with Crippen LogP contribution in [0.25, 0.3) is 0 Å². The Bertz CT molecular complexity index is 734. The maximum Gasteiger partial charge on any atom is 0.419 e. The van der Waals surface area contributed by atoms with Crippen LogP contribution in [0.2, 0.25) is 0 Å². The van der Waals surface area contributed by atoms with Crippen LogP contribution in [0.5, 0.6) is 11.5 Å². The Balaban J connectivity index is 2.45. The molecule has 0 heterocycles. The Hall–Kier alpha value is -2.22. The molecule has 0 saturated carbocycles. The molecule has 0 spiro atoms. The summed E-state index contributed by atoms with van der Waals surface area (Å²) in [5.74, 6) is -1.01. The van der Waals surface area contributed by atoms with E-state index in [0.29, 0.717) is 12.1 Å². The van der Waals surface area contributed by atoms with E-state index >= 15 is 0 Å². The van der Waals surface area contributed by atoms with Crippen molar-refractivity contribution in [3.63, 3.8) is 0 Å². The van der Waals surface area contributed by atoms with Gasteiger partial charge >= 0.3 is 12.4 Å². The predicted octanol–water partition coefficient (Wildman–Crippen LogP) is 5.32. The molecule has 0 aromatic heterocycles. The molecule has 0 atom stereocenters. The number of hydrogen-bond acceptors (Lipinski definition) is 2. The lowest BCUT2D eigenvalue weighted by Gasteiger charge is -2.16. The highest BCUT2D eigenvalue weighted by molar-refractivity contribution is 5.44. The summed E-state index contributed by atoms with van der Waals surface area (Å²) in [5, 5.41) is 8.93. The molecule has 0 radical (unpaired) electrons. The monoisotopic (exact) mass is 350 g/mol. The van der Waals surface area contributed by atoms with Gasteiger partial charge in [0.05, 0.1) is 17.7 Å². The Labute approximate surface area is 133 Å². The minimum atomic E-state index is -4.78. The Morgan fingerprint density at radius 1 is 0.875 bits per heavy atom. The van der Waals surface area contributed by atoms with Crippen molar-refractivity contribution in [2.75, 3.05) is 0 Å². The van der Waals surface area contributed by atoms with Crippen LogP contribution in [0.3, 0.4) is 0 Å². The summed E-state index contributed by atoms with van der Waals surface area (Å²) in [6, 6.07) is 5.77. The summed E-state index contributed by atoms with van der Waals surface area (Å²) in [5.41, 5.74) is -2.22. The second-order valence-electron chi connectivity index (χ2n) is 5.06. The number of aliphatic hydroxyl groups excluding tert-OH is 1. The number of rotatable bonds is 3. The van der Waals surface area contributed by atoms with E-state index in [1.807, 2.05) is 0 Å².